The molecule has 0 bridgehead atoms. The van der Waals surface area contributed by atoms with Crippen molar-refractivity contribution < 1.29 is 9.90 Å². The summed E-state index contributed by atoms with van der Waals surface area (Å²) in [7, 11) is 0. The van der Waals surface area contributed by atoms with E-state index in [9.17, 15) is 9.90 Å². The molecule has 0 aliphatic carbocycles. The Morgan fingerprint density at radius 3 is 2.78 bits per heavy atom. The molecule has 7 nitrogen and oxygen atoms in total. The summed E-state index contributed by atoms with van der Waals surface area (Å²) in [6.07, 6.45) is 3.70. The van der Waals surface area contributed by atoms with E-state index < -0.39 is 6.10 Å². The van der Waals surface area contributed by atoms with Crippen molar-refractivity contribution in [1.82, 2.24) is 19.7 Å². The highest BCUT2D eigenvalue weighted by atomic mass is 16.3. The molecule has 2 aromatic rings. The molecule has 3 rings (SSSR count). The molecule has 1 aliphatic heterocycles. The number of amides is 1. The van der Waals surface area contributed by atoms with Crippen LogP contribution in [0, 0.1) is 12.8 Å². The molecule has 1 aliphatic rings. The number of aliphatic hydroxyl groups excluding tert-OH is 1. The first-order chi connectivity index (χ1) is 11.0. The van der Waals surface area contributed by atoms with Crippen molar-refractivity contribution in [2.45, 2.75) is 26.0 Å². The van der Waals surface area contributed by atoms with Gasteiger partial charge < -0.3 is 15.7 Å². The third-order valence-corrected chi connectivity index (χ3v) is 4.22. The maximum absolute atomic E-state index is 12.4. The maximum atomic E-state index is 12.4. The number of anilines is 1. The lowest BCUT2D eigenvalue weighted by Crippen LogP contribution is -2.33. The average molecular weight is 315 g/mol. The molecule has 0 radical (unpaired) electrons. The standard InChI is InChI=1S/C16H21N5O2/c1-11-6-15(17)21(19-11)10-16(23)20-8-13(14(22)9-20)7-12-2-4-18-5-3-12/h2-6,13-14,22H,7-10,17H2,1H3/t13-,14-/m1/s1. The number of β-amino-alcohol motifs (C(OH)–C–C–N with tert-alkyl or cyclic N) is 1. The van der Waals surface area contributed by atoms with E-state index >= 15 is 0 Å². The number of hydrogen-bond acceptors (Lipinski definition) is 5. The van der Waals surface area contributed by atoms with Gasteiger partial charge in [0.1, 0.15) is 12.4 Å². The van der Waals surface area contributed by atoms with Gasteiger partial charge in [0.15, 0.2) is 0 Å². The van der Waals surface area contributed by atoms with E-state index in [2.05, 4.69) is 10.1 Å². The summed E-state index contributed by atoms with van der Waals surface area (Å²) in [4.78, 5) is 18.1. The van der Waals surface area contributed by atoms with Gasteiger partial charge >= 0.3 is 0 Å². The molecule has 0 saturated carbocycles. The number of carbonyl (C=O) groups excluding carboxylic acids is 1. The largest absolute Gasteiger partial charge is 0.391 e. The Morgan fingerprint density at radius 2 is 2.13 bits per heavy atom. The van der Waals surface area contributed by atoms with E-state index in [-0.39, 0.29) is 18.4 Å². The topological polar surface area (TPSA) is 97.3 Å². The zero-order valence-electron chi connectivity index (χ0n) is 13.1. The van der Waals surface area contributed by atoms with Crippen molar-refractivity contribution in [3.63, 3.8) is 0 Å². The first-order valence-electron chi connectivity index (χ1n) is 7.67. The van der Waals surface area contributed by atoms with Gasteiger partial charge in [-0.2, -0.15) is 5.10 Å². The molecule has 122 valence electrons. The van der Waals surface area contributed by atoms with E-state index in [1.807, 2.05) is 19.1 Å². The van der Waals surface area contributed by atoms with E-state index in [0.29, 0.717) is 18.9 Å². The van der Waals surface area contributed by atoms with Crippen molar-refractivity contribution in [2.24, 2.45) is 5.92 Å². The molecule has 23 heavy (non-hydrogen) atoms. The number of nitrogen functional groups attached to an aromatic ring is 1. The molecular weight excluding hydrogens is 294 g/mol. The van der Waals surface area contributed by atoms with E-state index in [4.69, 9.17) is 5.73 Å². The van der Waals surface area contributed by atoms with E-state index in [0.717, 1.165) is 17.7 Å². The van der Waals surface area contributed by atoms with Crippen molar-refractivity contribution in [1.29, 1.82) is 0 Å². The highest BCUT2D eigenvalue weighted by molar-refractivity contribution is 5.76. The highest BCUT2D eigenvalue weighted by Crippen LogP contribution is 2.22. The van der Waals surface area contributed by atoms with E-state index in [1.54, 1.807) is 23.4 Å². The molecule has 1 saturated heterocycles. The minimum atomic E-state index is -0.510. The van der Waals surface area contributed by atoms with Crippen LogP contribution in [-0.2, 0) is 17.8 Å². The Bertz CT molecular complexity index is 685. The number of aliphatic hydroxyl groups is 1. The molecule has 7 heteroatoms. The molecule has 3 heterocycles. The van der Waals surface area contributed by atoms with Crippen LogP contribution in [-0.4, -0.2) is 49.9 Å². The second-order valence-corrected chi connectivity index (χ2v) is 6.05. The Balaban J connectivity index is 1.61. The molecule has 1 fully saturated rings. The zero-order chi connectivity index (χ0) is 16.4. The number of nitrogens with two attached hydrogens (primary N) is 1. The van der Waals surface area contributed by atoms with Crippen LogP contribution in [0.1, 0.15) is 11.3 Å². The van der Waals surface area contributed by atoms with Crippen LogP contribution in [0.5, 0.6) is 0 Å². The lowest BCUT2D eigenvalue weighted by molar-refractivity contribution is -0.131. The van der Waals surface area contributed by atoms with Gasteiger partial charge in [0, 0.05) is 37.5 Å². The van der Waals surface area contributed by atoms with Gasteiger partial charge in [-0.1, -0.05) is 0 Å². The Morgan fingerprint density at radius 1 is 1.39 bits per heavy atom. The smallest absolute Gasteiger partial charge is 0.244 e. The van der Waals surface area contributed by atoms with Gasteiger partial charge in [0.2, 0.25) is 5.91 Å². The molecule has 2 atom stereocenters. The van der Waals surface area contributed by atoms with Crippen molar-refractivity contribution in [2.75, 3.05) is 18.8 Å². The van der Waals surface area contributed by atoms with Crippen LogP contribution in [0.3, 0.4) is 0 Å². The fourth-order valence-electron chi connectivity index (χ4n) is 3.00. The molecule has 0 aromatic carbocycles. The van der Waals surface area contributed by atoms with Crippen molar-refractivity contribution in [3.8, 4) is 0 Å². The zero-order valence-corrected chi connectivity index (χ0v) is 13.1. The first-order valence-corrected chi connectivity index (χ1v) is 7.67. The number of rotatable bonds is 4. The molecule has 1 amide bonds. The quantitative estimate of drug-likeness (QED) is 0.842. The monoisotopic (exact) mass is 315 g/mol. The summed E-state index contributed by atoms with van der Waals surface area (Å²) in [6.45, 7) is 2.84. The number of pyridine rings is 1. The molecule has 2 aromatic heterocycles. The normalized spacial score (nSPS) is 20.9. The summed E-state index contributed by atoms with van der Waals surface area (Å²) in [6, 6.07) is 5.60. The number of nitrogens with zero attached hydrogens (tertiary/aromatic N) is 4. The molecular formula is C16H21N5O2. The average Bonchev–Trinajstić information content (AvgIpc) is 3.03. The summed E-state index contributed by atoms with van der Waals surface area (Å²) in [5, 5.41) is 14.4. The first kappa shape index (κ1) is 15.5. The van der Waals surface area contributed by atoms with Crippen LogP contribution in [0.15, 0.2) is 30.6 Å². The van der Waals surface area contributed by atoms with Crippen LogP contribution in [0.25, 0.3) is 0 Å². The molecule has 0 spiro atoms. The van der Waals surface area contributed by atoms with Gasteiger partial charge in [-0.15, -0.1) is 0 Å². The predicted octanol–water partition coefficient (Wildman–Crippen LogP) is 0.231. The van der Waals surface area contributed by atoms with Crippen LogP contribution in [0.4, 0.5) is 5.82 Å². The highest BCUT2D eigenvalue weighted by Gasteiger charge is 2.34. The van der Waals surface area contributed by atoms with Crippen LogP contribution < -0.4 is 5.73 Å². The second kappa shape index (κ2) is 6.37. The van der Waals surface area contributed by atoms with Gasteiger partial charge in [0.25, 0.3) is 0 Å². The van der Waals surface area contributed by atoms with Gasteiger partial charge in [-0.05, 0) is 31.0 Å². The lowest BCUT2D eigenvalue weighted by atomic mass is 9.97. The summed E-state index contributed by atoms with van der Waals surface area (Å²) in [5.41, 5.74) is 7.72. The fourth-order valence-corrected chi connectivity index (χ4v) is 3.00. The Kier molecular flexibility index (Phi) is 4.29. The third-order valence-electron chi connectivity index (χ3n) is 4.22. The molecule has 3 N–H and O–H groups in total. The summed E-state index contributed by atoms with van der Waals surface area (Å²) >= 11 is 0. The van der Waals surface area contributed by atoms with E-state index in [1.165, 1.54) is 4.68 Å². The number of hydrogen-bond donors (Lipinski definition) is 2. The predicted molar refractivity (Wildman–Crippen MR) is 85.4 cm³/mol. The summed E-state index contributed by atoms with van der Waals surface area (Å²) in [5.74, 6) is 0.443. The Hall–Kier alpha value is -2.41. The number of aromatic nitrogens is 3. The minimum absolute atomic E-state index is 0.0399. The third kappa shape index (κ3) is 3.50. The van der Waals surface area contributed by atoms with Gasteiger partial charge in [-0.25, -0.2) is 4.68 Å². The van der Waals surface area contributed by atoms with Crippen LogP contribution >= 0.6 is 0 Å². The van der Waals surface area contributed by atoms with Gasteiger partial charge in [0.05, 0.1) is 11.8 Å². The lowest BCUT2D eigenvalue weighted by Gasteiger charge is -2.16. The maximum Gasteiger partial charge on any atom is 0.244 e. The minimum Gasteiger partial charge on any atom is -0.391 e. The Labute approximate surface area is 134 Å². The van der Waals surface area contributed by atoms with Gasteiger partial charge in [-0.3, -0.25) is 9.78 Å². The molecule has 0 unspecified atom stereocenters. The van der Waals surface area contributed by atoms with Crippen molar-refractivity contribution >= 4 is 11.7 Å². The summed E-state index contributed by atoms with van der Waals surface area (Å²) < 4.78 is 1.50. The fraction of sp³-hybridized carbons (Fsp3) is 0.438. The van der Waals surface area contributed by atoms with Crippen LogP contribution in [0.2, 0.25) is 0 Å². The second-order valence-electron chi connectivity index (χ2n) is 6.05. The number of carbonyl (C=O) groups is 1. The number of likely N-dealkylation sites (tertiary alicyclic amines) is 1. The SMILES string of the molecule is Cc1cc(N)n(CC(=O)N2C[C@@H](Cc3ccncc3)[C@H](O)C2)n1. The number of aryl methyl sites for hydroxylation is 1. The van der Waals surface area contributed by atoms with Crippen molar-refractivity contribution in [3.05, 3.63) is 41.9 Å².